The van der Waals surface area contributed by atoms with Gasteiger partial charge in [0.1, 0.15) is 0 Å². The van der Waals surface area contributed by atoms with Crippen molar-refractivity contribution in [3.05, 3.63) is 12.2 Å². The Hall–Kier alpha value is -0.830. The predicted molar refractivity (Wildman–Crippen MR) is 90.7 cm³/mol. The van der Waals surface area contributed by atoms with Crippen LogP contribution in [0.1, 0.15) is 96.8 Å². The molecule has 0 rings (SSSR count). The second kappa shape index (κ2) is 19.2. The van der Waals surface area contributed by atoms with Crippen LogP contribution in [0, 0.1) is 0 Å². The van der Waals surface area contributed by atoms with Crippen LogP contribution >= 0.6 is 0 Å². The Morgan fingerprint density at radius 2 is 1.19 bits per heavy atom. The fourth-order valence-corrected chi connectivity index (χ4v) is 2.35. The Kier molecular flexibility index (Phi) is 20.5. The van der Waals surface area contributed by atoms with Crippen molar-refractivity contribution in [2.24, 2.45) is 0 Å². The van der Waals surface area contributed by atoms with Gasteiger partial charge in [0.15, 0.2) is 0 Å². The first-order chi connectivity index (χ1) is 9.77. The van der Waals surface area contributed by atoms with Crippen molar-refractivity contribution in [2.45, 2.75) is 96.8 Å². The highest BCUT2D eigenvalue weighted by Crippen LogP contribution is 2.09. The maximum atomic E-state index is 10.3. The summed E-state index contributed by atoms with van der Waals surface area (Å²) in [7, 11) is 0. The summed E-state index contributed by atoms with van der Waals surface area (Å²) >= 11 is 0. The molecule has 3 nitrogen and oxygen atoms in total. The zero-order valence-electron chi connectivity index (χ0n) is 13.9. The maximum absolute atomic E-state index is 10.3. The molecule has 0 amide bonds. The number of unbranched alkanes of at least 4 members (excludes halogenated alkanes) is 11. The molecule has 126 valence electrons. The molecule has 0 unspecified atom stereocenters. The molecule has 0 atom stereocenters. The van der Waals surface area contributed by atoms with E-state index in [0.717, 1.165) is 12.8 Å². The molecule has 0 aliphatic carbocycles. The average Bonchev–Trinajstić information content (AvgIpc) is 2.43. The van der Waals surface area contributed by atoms with E-state index in [9.17, 15) is 4.79 Å². The topological polar surface area (TPSA) is 68.8 Å². The van der Waals surface area contributed by atoms with Crippen molar-refractivity contribution in [3.8, 4) is 0 Å². The Morgan fingerprint density at radius 3 is 1.67 bits per heavy atom. The summed E-state index contributed by atoms with van der Waals surface area (Å²) in [5.74, 6) is -0.664. The summed E-state index contributed by atoms with van der Waals surface area (Å²) in [6.07, 6.45) is 21.2. The maximum Gasteiger partial charge on any atom is 0.303 e. The first-order valence-electron chi connectivity index (χ1n) is 8.64. The molecule has 0 aromatic carbocycles. The minimum absolute atomic E-state index is 0. The number of rotatable bonds is 15. The van der Waals surface area contributed by atoms with E-state index in [2.05, 4.69) is 19.1 Å². The molecule has 3 heteroatoms. The highest BCUT2D eigenvalue weighted by molar-refractivity contribution is 5.66. The van der Waals surface area contributed by atoms with Crippen LogP contribution in [0.15, 0.2) is 12.2 Å². The molecule has 0 bridgehead atoms. The van der Waals surface area contributed by atoms with E-state index in [1.807, 2.05) is 0 Å². The van der Waals surface area contributed by atoms with Gasteiger partial charge in [-0.25, -0.2) is 0 Å². The lowest BCUT2D eigenvalue weighted by Gasteiger charge is -1.99. The Morgan fingerprint density at radius 1 is 0.762 bits per heavy atom. The SMILES string of the molecule is CCCCCCCCC=CCCCCCCCC(=O)O.O. The lowest BCUT2D eigenvalue weighted by Crippen LogP contribution is -1.93. The van der Waals surface area contributed by atoms with Crippen LogP contribution in [0.4, 0.5) is 0 Å². The van der Waals surface area contributed by atoms with Gasteiger partial charge in [0.2, 0.25) is 0 Å². The molecule has 0 aliphatic heterocycles. The molecule has 21 heavy (non-hydrogen) atoms. The van der Waals surface area contributed by atoms with Crippen LogP contribution in [0.25, 0.3) is 0 Å². The minimum atomic E-state index is -0.664. The molecule has 0 saturated carbocycles. The third-order valence-corrected chi connectivity index (χ3v) is 3.65. The van der Waals surface area contributed by atoms with Crippen LogP contribution in [-0.4, -0.2) is 16.6 Å². The number of allylic oxidation sites excluding steroid dienone is 2. The number of carbonyl (C=O) groups is 1. The van der Waals surface area contributed by atoms with Crippen LogP contribution < -0.4 is 0 Å². The largest absolute Gasteiger partial charge is 0.481 e. The van der Waals surface area contributed by atoms with E-state index in [4.69, 9.17) is 5.11 Å². The van der Waals surface area contributed by atoms with Gasteiger partial charge in [-0.15, -0.1) is 0 Å². The fourth-order valence-electron chi connectivity index (χ4n) is 2.35. The van der Waals surface area contributed by atoms with Crippen molar-refractivity contribution in [2.75, 3.05) is 0 Å². The van der Waals surface area contributed by atoms with E-state index in [1.165, 1.54) is 70.6 Å². The highest BCUT2D eigenvalue weighted by Gasteiger charge is 1.95. The van der Waals surface area contributed by atoms with Crippen LogP contribution in [0.5, 0.6) is 0 Å². The van der Waals surface area contributed by atoms with Gasteiger partial charge in [0.05, 0.1) is 0 Å². The normalized spacial score (nSPS) is 10.7. The van der Waals surface area contributed by atoms with Gasteiger partial charge >= 0.3 is 5.97 Å². The Balaban J connectivity index is 0. The average molecular weight is 300 g/mol. The molecule has 0 radical (unpaired) electrons. The summed E-state index contributed by atoms with van der Waals surface area (Å²) in [4.78, 5) is 10.3. The predicted octanol–water partition coefficient (Wildman–Crippen LogP) is 5.28. The number of hydrogen-bond acceptors (Lipinski definition) is 1. The minimum Gasteiger partial charge on any atom is -0.481 e. The lowest BCUT2D eigenvalue weighted by molar-refractivity contribution is -0.137. The molecule has 0 aromatic rings. The summed E-state index contributed by atoms with van der Waals surface area (Å²) < 4.78 is 0. The van der Waals surface area contributed by atoms with E-state index in [0.29, 0.717) is 6.42 Å². The smallest absolute Gasteiger partial charge is 0.303 e. The van der Waals surface area contributed by atoms with Crippen molar-refractivity contribution in [3.63, 3.8) is 0 Å². The second-order valence-corrected chi connectivity index (χ2v) is 5.73. The molecule has 3 N–H and O–H groups in total. The van der Waals surface area contributed by atoms with Crippen molar-refractivity contribution >= 4 is 5.97 Å². The highest BCUT2D eigenvalue weighted by atomic mass is 16.4. The van der Waals surface area contributed by atoms with Gasteiger partial charge < -0.3 is 10.6 Å². The van der Waals surface area contributed by atoms with Crippen molar-refractivity contribution in [1.29, 1.82) is 0 Å². The lowest BCUT2D eigenvalue weighted by atomic mass is 10.1. The summed E-state index contributed by atoms with van der Waals surface area (Å²) in [5.41, 5.74) is 0. The molecule has 0 heterocycles. The number of carboxylic acid groups (broad SMARTS) is 1. The van der Waals surface area contributed by atoms with E-state index in [-0.39, 0.29) is 5.48 Å². The third kappa shape index (κ3) is 21.6. The summed E-state index contributed by atoms with van der Waals surface area (Å²) in [6.45, 7) is 2.26. The quantitative estimate of drug-likeness (QED) is 0.330. The first-order valence-corrected chi connectivity index (χ1v) is 8.64. The van der Waals surface area contributed by atoms with Crippen molar-refractivity contribution < 1.29 is 15.4 Å². The number of hydrogen-bond donors (Lipinski definition) is 1. The van der Waals surface area contributed by atoms with E-state index in [1.54, 1.807) is 0 Å². The molecule has 0 saturated heterocycles. The van der Waals surface area contributed by atoms with Gasteiger partial charge in [-0.2, -0.15) is 0 Å². The fraction of sp³-hybridized carbons (Fsp3) is 0.833. The molecular formula is C18H36O3. The van der Waals surface area contributed by atoms with Crippen LogP contribution in [0.3, 0.4) is 0 Å². The molecule has 0 aromatic heterocycles. The Labute approximate surface area is 131 Å². The number of aliphatic carboxylic acids is 1. The first kappa shape index (κ1) is 22.5. The zero-order chi connectivity index (χ0) is 14.9. The number of carboxylic acids is 1. The third-order valence-electron chi connectivity index (χ3n) is 3.65. The monoisotopic (exact) mass is 300 g/mol. The van der Waals surface area contributed by atoms with E-state index < -0.39 is 5.97 Å². The van der Waals surface area contributed by atoms with Crippen LogP contribution in [0.2, 0.25) is 0 Å². The van der Waals surface area contributed by atoms with Gasteiger partial charge in [0, 0.05) is 6.42 Å². The Bertz CT molecular complexity index is 237. The van der Waals surface area contributed by atoms with Gasteiger partial charge in [-0.05, 0) is 32.1 Å². The summed E-state index contributed by atoms with van der Waals surface area (Å²) in [5, 5.41) is 8.51. The molecule has 0 spiro atoms. The molecule has 0 fully saturated rings. The van der Waals surface area contributed by atoms with Gasteiger partial charge in [-0.3, -0.25) is 4.79 Å². The van der Waals surface area contributed by atoms with Gasteiger partial charge in [-0.1, -0.05) is 70.4 Å². The second-order valence-electron chi connectivity index (χ2n) is 5.73. The molecular weight excluding hydrogens is 264 g/mol. The van der Waals surface area contributed by atoms with Crippen LogP contribution in [-0.2, 0) is 4.79 Å². The van der Waals surface area contributed by atoms with Gasteiger partial charge in [0.25, 0.3) is 0 Å². The zero-order valence-corrected chi connectivity index (χ0v) is 13.9. The standard InChI is InChI=1S/C18H34O2.H2O/c1-2-3-4-5-6-7-8-9-10-11-12-13-14-15-16-17-18(19)20;/h9-10H,2-8,11-17H2,1H3,(H,19,20);1H2. The molecule has 0 aliphatic rings. The van der Waals surface area contributed by atoms with E-state index >= 15 is 0 Å². The summed E-state index contributed by atoms with van der Waals surface area (Å²) in [6, 6.07) is 0. The van der Waals surface area contributed by atoms with Crippen molar-refractivity contribution in [1.82, 2.24) is 0 Å².